The van der Waals surface area contributed by atoms with Gasteiger partial charge in [0.2, 0.25) is 0 Å². The molecule has 2 amide bonds. The van der Waals surface area contributed by atoms with Crippen LogP contribution < -0.4 is 5.32 Å². The number of hydrogen-bond donors (Lipinski definition) is 2. The second kappa shape index (κ2) is 6.23. The smallest absolute Gasteiger partial charge is 0.317 e. The van der Waals surface area contributed by atoms with Gasteiger partial charge in [-0.3, -0.25) is 14.9 Å². The summed E-state index contributed by atoms with van der Waals surface area (Å²) in [5.41, 5.74) is -0.179. The van der Waals surface area contributed by atoms with E-state index in [1.54, 1.807) is 26.0 Å². The van der Waals surface area contributed by atoms with Crippen LogP contribution in [0.25, 0.3) is 0 Å². The van der Waals surface area contributed by atoms with E-state index in [-0.39, 0.29) is 24.3 Å². The van der Waals surface area contributed by atoms with Gasteiger partial charge in [0.15, 0.2) is 0 Å². The Bertz CT molecular complexity index is 631. The quantitative estimate of drug-likeness (QED) is 0.652. The van der Waals surface area contributed by atoms with E-state index >= 15 is 0 Å². The number of carboxylic acids is 1. The molecule has 1 aliphatic rings. The highest BCUT2D eigenvalue weighted by Gasteiger charge is 2.42. The number of benzene rings is 1. The van der Waals surface area contributed by atoms with E-state index < -0.39 is 16.3 Å². The number of rotatable bonds is 4. The van der Waals surface area contributed by atoms with Crippen LogP contribution in [0.2, 0.25) is 0 Å². The maximum absolute atomic E-state index is 12.2. The van der Waals surface area contributed by atoms with Gasteiger partial charge in [-0.15, -0.1) is 0 Å². The fraction of sp³-hybridized carbons (Fsp3) is 0.467. The van der Waals surface area contributed by atoms with Crippen molar-refractivity contribution < 1.29 is 19.6 Å². The second-order valence-electron chi connectivity index (χ2n) is 6.06. The number of non-ortho nitro benzene ring substituents is 1. The molecule has 124 valence electrons. The minimum Gasteiger partial charge on any atom is -0.481 e. The number of likely N-dealkylation sites (tertiary alicyclic amines) is 1. The van der Waals surface area contributed by atoms with E-state index in [9.17, 15) is 24.8 Å². The molecular weight excluding hydrogens is 302 g/mol. The van der Waals surface area contributed by atoms with Crippen molar-refractivity contribution in [3.63, 3.8) is 0 Å². The lowest BCUT2D eigenvalue weighted by molar-refractivity contribution is -0.384. The molecule has 1 aromatic rings. The van der Waals surface area contributed by atoms with Gasteiger partial charge in [0, 0.05) is 25.2 Å². The number of urea groups is 1. The van der Waals surface area contributed by atoms with Gasteiger partial charge >= 0.3 is 12.0 Å². The molecule has 1 aromatic carbocycles. The Morgan fingerprint density at radius 1 is 1.39 bits per heavy atom. The highest BCUT2D eigenvalue weighted by Crippen LogP contribution is 2.30. The van der Waals surface area contributed by atoms with Gasteiger partial charge in [-0.1, -0.05) is 12.1 Å². The molecule has 8 nitrogen and oxygen atoms in total. The number of carboxylic acid groups (broad SMARTS) is 1. The molecule has 1 fully saturated rings. The fourth-order valence-corrected chi connectivity index (χ4v) is 2.55. The number of nitro benzene ring substituents is 1. The maximum Gasteiger partial charge on any atom is 0.317 e. The monoisotopic (exact) mass is 321 g/mol. The van der Waals surface area contributed by atoms with E-state index in [4.69, 9.17) is 0 Å². The Labute approximate surface area is 133 Å². The minimum absolute atomic E-state index is 0.0101. The van der Waals surface area contributed by atoms with Crippen LogP contribution in [0.1, 0.15) is 31.9 Å². The lowest BCUT2D eigenvalue weighted by atomic mass is 9.90. The first-order valence-electron chi connectivity index (χ1n) is 7.26. The second-order valence-corrected chi connectivity index (χ2v) is 6.06. The van der Waals surface area contributed by atoms with E-state index in [0.29, 0.717) is 13.0 Å². The first kappa shape index (κ1) is 16.7. The van der Waals surface area contributed by atoms with Crippen molar-refractivity contribution in [1.29, 1.82) is 0 Å². The number of nitrogens with one attached hydrogen (secondary N) is 1. The molecule has 23 heavy (non-hydrogen) atoms. The van der Waals surface area contributed by atoms with Crippen LogP contribution in [0.4, 0.5) is 10.5 Å². The maximum atomic E-state index is 12.2. The van der Waals surface area contributed by atoms with Gasteiger partial charge in [-0.25, -0.2) is 4.79 Å². The van der Waals surface area contributed by atoms with Crippen LogP contribution in [-0.4, -0.2) is 40.0 Å². The Morgan fingerprint density at radius 3 is 2.48 bits per heavy atom. The van der Waals surface area contributed by atoms with Gasteiger partial charge in [-0.2, -0.15) is 0 Å². The van der Waals surface area contributed by atoms with Crippen LogP contribution >= 0.6 is 0 Å². The number of amides is 2. The van der Waals surface area contributed by atoms with E-state index in [1.807, 2.05) is 0 Å². The Kier molecular flexibility index (Phi) is 4.53. The predicted octanol–water partition coefficient (Wildman–Crippen LogP) is 2.16. The Hall–Kier alpha value is -2.64. The fourth-order valence-electron chi connectivity index (χ4n) is 2.55. The number of nitro groups is 1. The average Bonchev–Trinajstić information content (AvgIpc) is 2.91. The predicted molar refractivity (Wildman–Crippen MR) is 82.0 cm³/mol. The molecule has 1 aliphatic heterocycles. The molecule has 1 saturated heterocycles. The van der Waals surface area contributed by atoms with Crippen LogP contribution in [0, 0.1) is 15.5 Å². The number of carbonyl (C=O) groups excluding carboxylic acids is 1. The molecule has 0 saturated carbocycles. The summed E-state index contributed by atoms with van der Waals surface area (Å²) in [7, 11) is 0. The average molecular weight is 321 g/mol. The van der Waals surface area contributed by atoms with Crippen molar-refractivity contribution in [2.45, 2.75) is 26.3 Å². The van der Waals surface area contributed by atoms with Crippen LogP contribution in [0.5, 0.6) is 0 Å². The Balaban J connectivity index is 1.97. The summed E-state index contributed by atoms with van der Waals surface area (Å²) in [6.45, 7) is 3.96. The number of aliphatic carboxylic acids is 1. The lowest BCUT2D eigenvalue weighted by Gasteiger charge is -2.23. The molecule has 0 radical (unpaired) electrons. The summed E-state index contributed by atoms with van der Waals surface area (Å²) in [5.74, 6) is -0.906. The standard InChI is InChI=1S/C15H19N3O5/c1-10(11-3-5-12(6-4-11)18(22)23)16-14(21)17-8-7-15(2,9-17)13(19)20/h3-6,10H,7-9H2,1-2H3,(H,16,21)(H,19,20)/t10-,15?/m0/s1. The number of nitrogens with zero attached hydrogens (tertiary/aromatic N) is 2. The van der Waals surface area contributed by atoms with Crippen molar-refractivity contribution in [2.75, 3.05) is 13.1 Å². The molecule has 0 spiro atoms. The lowest BCUT2D eigenvalue weighted by Crippen LogP contribution is -2.41. The normalized spacial score (nSPS) is 21.7. The summed E-state index contributed by atoms with van der Waals surface area (Å²) in [5, 5.41) is 22.6. The van der Waals surface area contributed by atoms with Crippen LogP contribution in [0.15, 0.2) is 24.3 Å². The molecule has 1 unspecified atom stereocenters. The summed E-state index contributed by atoms with van der Waals surface area (Å²) in [6, 6.07) is 5.29. The largest absolute Gasteiger partial charge is 0.481 e. The van der Waals surface area contributed by atoms with Crippen molar-refractivity contribution >= 4 is 17.7 Å². The van der Waals surface area contributed by atoms with Gasteiger partial charge in [0.25, 0.3) is 5.69 Å². The third-order valence-corrected chi connectivity index (χ3v) is 4.22. The summed E-state index contributed by atoms with van der Waals surface area (Å²) in [4.78, 5) is 35.1. The zero-order valence-electron chi connectivity index (χ0n) is 13.0. The summed E-state index contributed by atoms with van der Waals surface area (Å²) >= 11 is 0. The van der Waals surface area contributed by atoms with E-state index in [0.717, 1.165) is 5.56 Å². The molecule has 1 heterocycles. The third kappa shape index (κ3) is 3.58. The SMILES string of the molecule is C[C@H](NC(=O)N1CCC(C)(C(=O)O)C1)c1ccc([N+](=O)[O-])cc1. The summed E-state index contributed by atoms with van der Waals surface area (Å²) in [6.07, 6.45) is 0.418. The van der Waals surface area contributed by atoms with Crippen molar-refractivity contribution in [3.05, 3.63) is 39.9 Å². The summed E-state index contributed by atoms with van der Waals surface area (Å²) < 4.78 is 0. The molecule has 0 aliphatic carbocycles. The van der Waals surface area contributed by atoms with Crippen molar-refractivity contribution in [3.8, 4) is 0 Å². The molecule has 8 heteroatoms. The minimum atomic E-state index is -0.909. The van der Waals surface area contributed by atoms with Gasteiger partial charge in [-0.05, 0) is 25.8 Å². The zero-order chi connectivity index (χ0) is 17.2. The molecule has 2 N–H and O–H groups in total. The number of carbonyl (C=O) groups is 2. The number of hydrogen-bond acceptors (Lipinski definition) is 4. The first-order chi connectivity index (χ1) is 10.7. The molecule has 0 aromatic heterocycles. The third-order valence-electron chi connectivity index (χ3n) is 4.22. The van der Waals surface area contributed by atoms with Gasteiger partial charge in [0.1, 0.15) is 0 Å². The first-order valence-corrected chi connectivity index (χ1v) is 7.26. The topological polar surface area (TPSA) is 113 Å². The van der Waals surface area contributed by atoms with Crippen molar-refractivity contribution in [1.82, 2.24) is 10.2 Å². The van der Waals surface area contributed by atoms with Gasteiger partial charge in [0.05, 0.1) is 16.4 Å². The molecular formula is C15H19N3O5. The van der Waals surface area contributed by atoms with E-state index in [2.05, 4.69) is 5.32 Å². The molecule has 2 rings (SSSR count). The molecule has 0 bridgehead atoms. The molecule has 2 atom stereocenters. The van der Waals surface area contributed by atoms with Crippen LogP contribution in [-0.2, 0) is 4.79 Å². The van der Waals surface area contributed by atoms with Crippen molar-refractivity contribution in [2.24, 2.45) is 5.41 Å². The van der Waals surface area contributed by atoms with Crippen LogP contribution in [0.3, 0.4) is 0 Å². The highest BCUT2D eigenvalue weighted by atomic mass is 16.6. The van der Waals surface area contributed by atoms with E-state index in [1.165, 1.54) is 17.0 Å². The Morgan fingerprint density at radius 2 is 2.00 bits per heavy atom. The zero-order valence-corrected chi connectivity index (χ0v) is 13.0. The highest BCUT2D eigenvalue weighted by molar-refractivity contribution is 5.79. The van der Waals surface area contributed by atoms with Gasteiger partial charge < -0.3 is 15.3 Å².